The number of carbonyl (C=O) groups excluding carboxylic acids is 1. The van der Waals surface area contributed by atoms with Gasteiger partial charge in [0.1, 0.15) is 12.7 Å². The van der Waals surface area contributed by atoms with E-state index >= 15 is 0 Å². The van der Waals surface area contributed by atoms with Gasteiger partial charge in [-0.25, -0.2) is 0 Å². The zero-order chi connectivity index (χ0) is 13.8. The van der Waals surface area contributed by atoms with Gasteiger partial charge in [0.25, 0.3) is 0 Å². The number of aryl methyl sites for hydroxylation is 1. The monoisotopic (exact) mass is 260 g/mol. The van der Waals surface area contributed by atoms with Gasteiger partial charge in [-0.05, 0) is 18.9 Å². The third kappa shape index (κ3) is 4.49. The first-order valence-corrected chi connectivity index (χ1v) is 5.65. The van der Waals surface area contributed by atoms with Crippen LogP contribution in [0.3, 0.4) is 0 Å². The van der Waals surface area contributed by atoms with Gasteiger partial charge in [0.2, 0.25) is 0 Å². The smallest absolute Gasteiger partial charge is 0.361 e. The van der Waals surface area contributed by atoms with Crippen LogP contribution in [0.1, 0.15) is 29.8 Å². The summed E-state index contributed by atoms with van der Waals surface area (Å²) in [4.78, 5) is 11.8. The average molecular weight is 260 g/mol. The summed E-state index contributed by atoms with van der Waals surface area (Å²) in [7, 11) is 0. The lowest BCUT2D eigenvalue weighted by atomic mass is 10.0. The Morgan fingerprint density at radius 1 is 1.28 bits per heavy atom. The summed E-state index contributed by atoms with van der Waals surface area (Å²) in [5.41, 5.74) is 1.43. The number of hydrogen-bond acceptors (Lipinski definition) is 2. The molecule has 100 valence electrons. The molecule has 0 amide bonds. The second kappa shape index (κ2) is 6.00. The lowest BCUT2D eigenvalue weighted by Crippen LogP contribution is -2.27. The van der Waals surface area contributed by atoms with Crippen LogP contribution in [0.5, 0.6) is 0 Å². The highest BCUT2D eigenvalue weighted by molar-refractivity contribution is 5.99. The molecule has 1 unspecified atom stereocenters. The lowest BCUT2D eigenvalue weighted by Gasteiger charge is -2.13. The van der Waals surface area contributed by atoms with Gasteiger partial charge in [0.15, 0.2) is 5.78 Å². The Hall–Kier alpha value is -1.36. The van der Waals surface area contributed by atoms with Crippen LogP contribution in [0.15, 0.2) is 24.3 Å². The molecular weight excluding hydrogens is 245 g/mol. The van der Waals surface area contributed by atoms with Gasteiger partial charge in [0.05, 0.1) is 0 Å². The van der Waals surface area contributed by atoms with E-state index in [1.54, 1.807) is 24.3 Å². The molecule has 5 heteroatoms. The summed E-state index contributed by atoms with van der Waals surface area (Å²) in [5, 5.41) is 0. The summed E-state index contributed by atoms with van der Waals surface area (Å²) >= 11 is 0. The van der Waals surface area contributed by atoms with E-state index in [2.05, 4.69) is 4.74 Å². The number of benzene rings is 1. The highest BCUT2D eigenvalue weighted by Crippen LogP contribution is 2.17. The zero-order valence-corrected chi connectivity index (χ0v) is 10.3. The second-order valence-electron chi connectivity index (χ2n) is 3.98. The molecule has 2 nitrogen and oxygen atoms in total. The number of halogens is 3. The zero-order valence-electron chi connectivity index (χ0n) is 10.3. The molecule has 0 N–H and O–H groups in total. The van der Waals surface area contributed by atoms with E-state index in [9.17, 15) is 18.0 Å². The van der Waals surface area contributed by atoms with Crippen molar-refractivity contribution in [2.45, 2.75) is 32.5 Å². The van der Waals surface area contributed by atoms with Gasteiger partial charge >= 0.3 is 6.18 Å². The van der Waals surface area contributed by atoms with Gasteiger partial charge in [-0.3, -0.25) is 4.79 Å². The number of Topliss-reactive ketones (excluding diaryl/α,β-unsaturated/α-hetero) is 1. The van der Waals surface area contributed by atoms with Crippen molar-refractivity contribution < 1.29 is 22.7 Å². The maximum absolute atomic E-state index is 11.9. The van der Waals surface area contributed by atoms with E-state index in [1.807, 2.05) is 6.92 Å². The summed E-state index contributed by atoms with van der Waals surface area (Å²) in [6.45, 7) is 1.89. The van der Waals surface area contributed by atoms with E-state index in [-0.39, 0.29) is 0 Å². The molecule has 1 aromatic rings. The number of carbonyl (C=O) groups is 1. The van der Waals surface area contributed by atoms with Gasteiger partial charge in [-0.15, -0.1) is 0 Å². The van der Waals surface area contributed by atoms with Gasteiger partial charge in [0, 0.05) is 5.56 Å². The lowest BCUT2D eigenvalue weighted by molar-refractivity contribution is -0.179. The Bertz CT molecular complexity index is 396. The second-order valence-corrected chi connectivity index (χ2v) is 3.98. The van der Waals surface area contributed by atoms with E-state index in [1.165, 1.54) is 6.92 Å². The molecule has 1 atom stereocenters. The van der Waals surface area contributed by atoms with E-state index in [0.717, 1.165) is 12.0 Å². The Kier molecular flexibility index (Phi) is 4.90. The van der Waals surface area contributed by atoms with Crippen molar-refractivity contribution in [1.29, 1.82) is 0 Å². The molecular formula is C13H15F3O2. The standard InChI is InChI=1S/C13H15F3O2/c1-3-10-4-6-11(7-5-10)12(17)9(2)18-8-13(14,15)16/h4-7,9H,3,8H2,1-2H3. The van der Waals surface area contributed by atoms with Crippen LogP contribution in [-0.2, 0) is 11.2 Å². The van der Waals surface area contributed by atoms with Crippen molar-refractivity contribution in [3.63, 3.8) is 0 Å². The fourth-order valence-corrected chi connectivity index (χ4v) is 1.43. The van der Waals surface area contributed by atoms with Crippen LogP contribution in [0.25, 0.3) is 0 Å². The molecule has 0 fully saturated rings. The molecule has 0 aromatic heterocycles. The molecule has 1 rings (SSSR count). The maximum atomic E-state index is 11.9. The van der Waals surface area contributed by atoms with Gasteiger partial charge < -0.3 is 4.74 Å². The van der Waals surface area contributed by atoms with Crippen LogP contribution in [0.4, 0.5) is 13.2 Å². The molecule has 0 aliphatic rings. The van der Waals surface area contributed by atoms with Crippen LogP contribution in [0, 0.1) is 0 Å². The first-order valence-electron chi connectivity index (χ1n) is 5.65. The van der Waals surface area contributed by atoms with Crippen molar-refractivity contribution in [3.05, 3.63) is 35.4 Å². The molecule has 0 heterocycles. The summed E-state index contributed by atoms with van der Waals surface area (Å²) in [5.74, 6) is -0.443. The minimum atomic E-state index is -4.42. The summed E-state index contributed by atoms with van der Waals surface area (Å²) in [6.07, 6.45) is -4.67. The largest absolute Gasteiger partial charge is 0.411 e. The Balaban J connectivity index is 2.62. The average Bonchev–Trinajstić information content (AvgIpc) is 2.34. The Labute approximate surface area is 104 Å². The fourth-order valence-electron chi connectivity index (χ4n) is 1.43. The van der Waals surface area contributed by atoms with Crippen molar-refractivity contribution >= 4 is 5.78 Å². The Morgan fingerprint density at radius 2 is 1.83 bits per heavy atom. The van der Waals surface area contributed by atoms with Crippen molar-refractivity contribution in [1.82, 2.24) is 0 Å². The first-order chi connectivity index (χ1) is 8.33. The highest BCUT2D eigenvalue weighted by Gasteiger charge is 2.30. The van der Waals surface area contributed by atoms with Gasteiger partial charge in [-0.1, -0.05) is 31.2 Å². The van der Waals surface area contributed by atoms with Crippen LogP contribution >= 0.6 is 0 Å². The third-order valence-corrected chi connectivity index (χ3v) is 2.51. The first kappa shape index (κ1) is 14.7. The molecule has 18 heavy (non-hydrogen) atoms. The normalized spacial score (nSPS) is 13.4. The topological polar surface area (TPSA) is 26.3 Å². The van der Waals surface area contributed by atoms with Crippen molar-refractivity contribution in [3.8, 4) is 0 Å². The minimum absolute atomic E-state index is 0.363. The minimum Gasteiger partial charge on any atom is -0.361 e. The van der Waals surface area contributed by atoms with E-state index < -0.39 is 24.7 Å². The van der Waals surface area contributed by atoms with E-state index in [0.29, 0.717) is 5.56 Å². The van der Waals surface area contributed by atoms with Crippen LogP contribution in [0.2, 0.25) is 0 Å². The molecule has 1 aromatic carbocycles. The molecule has 0 saturated heterocycles. The number of ketones is 1. The highest BCUT2D eigenvalue weighted by atomic mass is 19.4. The van der Waals surface area contributed by atoms with Gasteiger partial charge in [-0.2, -0.15) is 13.2 Å². The molecule has 0 aliphatic carbocycles. The maximum Gasteiger partial charge on any atom is 0.411 e. The van der Waals surface area contributed by atoms with E-state index in [4.69, 9.17) is 0 Å². The fraction of sp³-hybridized carbons (Fsp3) is 0.462. The molecule has 0 aliphatic heterocycles. The molecule has 0 bridgehead atoms. The van der Waals surface area contributed by atoms with Crippen LogP contribution in [-0.4, -0.2) is 24.7 Å². The quantitative estimate of drug-likeness (QED) is 0.758. The molecule has 0 saturated carbocycles. The summed E-state index contributed by atoms with van der Waals surface area (Å²) in [6, 6.07) is 6.77. The molecule has 0 radical (unpaired) electrons. The van der Waals surface area contributed by atoms with Crippen molar-refractivity contribution in [2.75, 3.05) is 6.61 Å². The third-order valence-electron chi connectivity index (χ3n) is 2.51. The number of rotatable bonds is 5. The van der Waals surface area contributed by atoms with Crippen LogP contribution < -0.4 is 0 Å². The molecule has 0 spiro atoms. The summed E-state index contributed by atoms with van der Waals surface area (Å²) < 4.78 is 40.3. The predicted molar refractivity (Wildman–Crippen MR) is 61.6 cm³/mol. The Morgan fingerprint density at radius 3 is 2.28 bits per heavy atom. The van der Waals surface area contributed by atoms with Crippen molar-refractivity contribution in [2.24, 2.45) is 0 Å². The SMILES string of the molecule is CCc1ccc(C(=O)C(C)OCC(F)(F)F)cc1. The number of ether oxygens (including phenoxy) is 1. The number of hydrogen-bond donors (Lipinski definition) is 0. The number of alkyl halides is 3. The predicted octanol–water partition coefficient (Wildman–Crippen LogP) is 3.40.